The van der Waals surface area contributed by atoms with Gasteiger partial charge in [0.1, 0.15) is 23.7 Å². The van der Waals surface area contributed by atoms with Crippen molar-refractivity contribution in [3.05, 3.63) is 30.9 Å². The van der Waals surface area contributed by atoms with Gasteiger partial charge in [0.2, 0.25) is 0 Å². The number of nitrogens with one attached hydrogen (secondary N) is 1. The number of ketones is 1. The van der Waals surface area contributed by atoms with Crippen molar-refractivity contribution < 1.29 is 4.79 Å². The van der Waals surface area contributed by atoms with Crippen LogP contribution >= 0.6 is 0 Å². The van der Waals surface area contributed by atoms with Crippen LogP contribution in [0.4, 0.5) is 17.3 Å². The predicted molar refractivity (Wildman–Crippen MR) is 74.8 cm³/mol. The average molecular weight is 259 g/mol. The highest BCUT2D eigenvalue weighted by molar-refractivity contribution is 5.80. The van der Waals surface area contributed by atoms with Crippen LogP contribution in [-0.2, 0) is 4.79 Å². The Bertz CT molecular complexity index is 552. The summed E-state index contributed by atoms with van der Waals surface area (Å²) < 4.78 is 0. The molecule has 0 spiro atoms. The topological polar surface area (TPSA) is 65.1 Å². The molecule has 0 radical (unpaired) electrons. The van der Waals surface area contributed by atoms with Crippen molar-refractivity contribution in [2.75, 3.05) is 30.4 Å². The molecule has 2 rings (SSSR count). The van der Waals surface area contributed by atoms with E-state index in [1.807, 2.05) is 43.5 Å². The molecule has 100 valence electrons. The molecule has 0 aliphatic rings. The zero-order valence-corrected chi connectivity index (χ0v) is 11.3. The van der Waals surface area contributed by atoms with Gasteiger partial charge in [-0.2, -0.15) is 0 Å². The van der Waals surface area contributed by atoms with Crippen LogP contribution in [0.5, 0.6) is 0 Å². The summed E-state index contributed by atoms with van der Waals surface area (Å²) in [4.78, 5) is 26.3. The molecular weight excluding hydrogens is 242 g/mol. The van der Waals surface area contributed by atoms with E-state index in [1.54, 1.807) is 11.8 Å². The molecule has 6 heteroatoms. The van der Waals surface area contributed by atoms with E-state index in [-0.39, 0.29) is 5.78 Å². The number of carbonyl (C=O) groups excluding carboxylic acids is 1. The lowest BCUT2D eigenvalue weighted by Gasteiger charge is -2.20. The first-order chi connectivity index (χ1) is 9.08. The Morgan fingerprint density at radius 1 is 1.32 bits per heavy atom. The van der Waals surface area contributed by atoms with E-state index in [4.69, 9.17) is 0 Å². The van der Waals surface area contributed by atoms with Crippen molar-refractivity contribution >= 4 is 23.1 Å². The third-order valence-electron chi connectivity index (χ3n) is 2.80. The number of nitrogens with zero attached hydrogens (tertiary/aromatic N) is 4. The Morgan fingerprint density at radius 2 is 2.05 bits per heavy atom. The van der Waals surface area contributed by atoms with Crippen LogP contribution in [0.3, 0.4) is 0 Å². The lowest BCUT2D eigenvalue weighted by molar-refractivity contribution is -0.115. The zero-order chi connectivity index (χ0) is 13.8. The fourth-order valence-corrected chi connectivity index (χ4v) is 1.80. The minimum absolute atomic E-state index is 0.0988. The minimum atomic E-state index is 0.0988. The summed E-state index contributed by atoms with van der Waals surface area (Å²) in [5.41, 5.74) is 1.01. The molecule has 0 fully saturated rings. The van der Waals surface area contributed by atoms with Crippen LogP contribution in [-0.4, -0.2) is 41.4 Å². The average Bonchev–Trinajstić information content (AvgIpc) is 2.91. The van der Waals surface area contributed by atoms with E-state index < -0.39 is 0 Å². The molecule has 0 aliphatic heterocycles. The van der Waals surface area contributed by atoms with E-state index in [0.29, 0.717) is 6.54 Å². The van der Waals surface area contributed by atoms with E-state index in [0.717, 1.165) is 17.3 Å². The molecule has 1 N–H and O–H groups in total. The van der Waals surface area contributed by atoms with Crippen LogP contribution in [0, 0.1) is 0 Å². The number of likely N-dealkylation sites (N-methyl/N-ethyl adjacent to an activating group) is 1. The summed E-state index contributed by atoms with van der Waals surface area (Å²) in [5.74, 6) is 1.60. The first-order valence-electron chi connectivity index (χ1n) is 5.97. The quantitative estimate of drug-likeness (QED) is 0.883. The van der Waals surface area contributed by atoms with Crippen LogP contribution in [0.25, 0.3) is 0 Å². The second kappa shape index (κ2) is 5.51. The number of rotatable bonds is 5. The maximum Gasteiger partial charge on any atom is 0.149 e. The largest absolute Gasteiger partial charge is 0.366 e. The highest BCUT2D eigenvalue weighted by Gasteiger charge is 2.10. The van der Waals surface area contributed by atoms with Crippen LogP contribution in [0.15, 0.2) is 30.9 Å². The molecule has 0 saturated heterocycles. The zero-order valence-electron chi connectivity index (χ0n) is 11.3. The van der Waals surface area contributed by atoms with E-state index in [9.17, 15) is 4.79 Å². The van der Waals surface area contributed by atoms with Gasteiger partial charge >= 0.3 is 0 Å². The van der Waals surface area contributed by atoms with Crippen molar-refractivity contribution in [3.63, 3.8) is 0 Å². The van der Waals surface area contributed by atoms with Gasteiger partial charge in [0.05, 0.1) is 12.2 Å². The SMILES string of the molecule is CC(=O)CN(C)c1cc(N(C)c2cc[nH]c2)ncn1. The van der Waals surface area contributed by atoms with Gasteiger partial charge in [0.25, 0.3) is 0 Å². The van der Waals surface area contributed by atoms with E-state index in [1.165, 1.54) is 6.33 Å². The molecule has 2 aromatic heterocycles. The smallest absolute Gasteiger partial charge is 0.149 e. The third-order valence-corrected chi connectivity index (χ3v) is 2.80. The molecule has 0 aromatic carbocycles. The first kappa shape index (κ1) is 13.1. The summed E-state index contributed by atoms with van der Waals surface area (Å²) >= 11 is 0. The van der Waals surface area contributed by atoms with Gasteiger partial charge in [-0.25, -0.2) is 9.97 Å². The van der Waals surface area contributed by atoms with Crippen molar-refractivity contribution in [2.45, 2.75) is 6.92 Å². The summed E-state index contributed by atoms with van der Waals surface area (Å²) in [6.45, 7) is 1.90. The lowest BCUT2D eigenvalue weighted by atomic mass is 10.3. The number of carbonyl (C=O) groups is 1. The van der Waals surface area contributed by atoms with Gasteiger partial charge < -0.3 is 14.8 Å². The number of anilines is 3. The minimum Gasteiger partial charge on any atom is -0.366 e. The lowest BCUT2D eigenvalue weighted by Crippen LogP contribution is -2.25. The van der Waals surface area contributed by atoms with Crippen LogP contribution in [0.1, 0.15) is 6.92 Å². The van der Waals surface area contributed by atoms with E-state index >= 15 is 0 Å². The molecule has 2 heterocycles. The Labute approximate surface area is 112 Å². The maximum atomic E-state index is 11.1. The summed E-state index contributed by atoms with van der Waals surface area (Å²) in [6, 6.07) is 3.82. The second-order valence-electron chi connectivity index (χ2n) is 4.42. The molecule has 2 aromatic rings. The van der Waals surface area contributed by atoms with Gasteiger partial charge in [-0.1, -0.05) is 0 Å². The Balaban J connectivity index is 2.21. The van der Waals surface area contributed by atoms with E-state index in [2.05, 4.69) is 15.0 Å². The molecule has 0 bridgehead atoms. The number of aromatic amines is 1. The van der Waals surface area contributed by atoms with Crippen molar-refractivity contribution in [3.8, 4) is 0 Å². The molecule has 0 aliphatic carbocycles. The van der Waals surface area contributed by atoms with Gasteiger partial charge in [-0.05, 0) is 13.0 Å². The highest BCUT2D eigenvalue weighted by atomic mass is 16.1. The maximum absolute atomic E-state index is 11.1. The molecule has 6 nitrogen and oxygen atoms in total. The number of Topliss-reactive ketones (excluding diaryl/α,β-unsaturated/α-hetero) is 1. The summed E-state index contributed by atoms with van der Waals surface area (Å²) in [6.07, 6.45) is 5.25. The Hall–Kier alpha value is -2.37. The Kier molecular flexibility index (Phi) is 3.79. The normalized spacial score (nSPS) is 10.3. The summed E-state index contributed by atoms with van der Waals surface area (Å²) in [5, 5.41) is 0. The standard InChI is InChI=1S/C13H17N5O/c1-10(19)8-17(2)12-6-13(16-9-15-12)18(3)11-4-5-14-7-11/h4-7,9,14H,8H2,1-3H3. The molecule has 0 saturated carbocycles. The second-order valence-corrected chi connectivity index (χ2v) is 4.42. The highest BCUT2D eigenvalue weighted by Crippen LogP contribution is 2.22. The van der Waals surface area contributed by atoms with Gasteiger partial charge in [0.15, 0.2) is 0 Å². The number of aromatic nitrogens is 3. The van der Waals surface area contributed by atoms with Gasteiger partial charge in [0, 0.05) is 32.6 Å². The molecule has 0 unspecified atom stereocenters. The van der Waals surface area contributed by atoms with Crippen molar-refractivity contribution in [1.82, 2.24) is 15.0 Å². The predicted octanol–water partition coefficient (Wildman–Crippen LogP) is 1.60. The molecule has 19 heavy (non-hydrogen) atoms. The Morgan fingerprint density at radius 3 is 2.68 bits per heavy atom. The number of H-pyrrole nitrogens is 1. The van der Waals surface area contributed by atoms with Gasteiger partial charge in [-0.15, -0.1) is 0 Å². The van der Waals surface area contributed by atoms with Crippen molar-refractivity contribution in [1.29, 1.82) is 0 Å². The number of hydrogen-bond donors (Lipinski definition) is 1. The van der Waals surface area contributed by atoms with Crippen molar-refractivity contribution in [2.24, 2.45) is 0 Å². The molecule has 0 atom stereocenters. The van der Waals surface area contributed by atoms with Gasteiger partial charge in [-0.3, -0.25) is 4.79 Å². The fraction of sp³-hybridized carbons (Fsp3) is 0.308. The monoisotopic (exact) mass is 259 g/mol. The molecule has 0 amide bonds. The summed E-state index contributed by atoms with van der Waals surface area (Å²) in [7, 11) is 3.77. The number of hydrogen-bond acceptors (Lipinski definition) is 5. The first-order valence-corrected chi connectivity index (χ1v) is 5.97. The van der Waals surface area contributed by atoms with Crippen LogP contribution in [0.2, 0.25) is 0 Å². The third kappa shape index (κ3) is 3.09. The van der Waals surface area contributed by atoms with Crippen LogP contribution < -0.4 is 9.80 Å². The molecular formula is C13H17N5O. The fourth-order valence-electron chi connectivity index (χ4n) is 1.80.